The van der Waals surface area contributed by atoms with Gasteiger partial charge in [-0.2, -0.15) is 0 Å². The fourth-order valence-electron chi connectivity index (χ4n) is 22.2. The van der Waals surface area contributed by atoms with E-state index in [9.17, 15) is 0 Å². The van der Waals surface area contributed by atoms with Crippen LogP contribution in [-0.4, -0.2) is 29.9 Å². The third kappa shape index (κ3) is 15.4. The topological polar surface area (TPSA) is 77.3 Å². The zero-order chi connectivity index (χ0) is 96.9. The fourth-order valence-corrected chi connectivity index (χ4v) is 26.1. The summed E-state index contributed by atoms with van der Waals surface area (Å²) in [5.41, 5.74) is 35.1. The Bertz CT molecular complexity index is 10400. The summed E-state index contributed by atoms with van der Waals surface area (Å²) in [5.74, 6) is 0. The van der Waals surface area contributed by atoms with Crippen LogP contribution in [0.1, 0.15) is 0 Å². The molecule has 0 aliphatic carbocycles. The molecule has 0 unspecified atom stereocenters. The number of hydrogen-bond donors (Lipinski definition) is 0. The molecule has 24 aromatic carbocycles. The van der Waals surface area contributed by atoms with Crippen LogP contribution in [-0.2, 0) is 0 Å². The summed E-state index contributed by atoms with van der Waals surface area (Å²) in [6.07, 6.45) is 10.7. The number of rotatable bonds is 12. The van der Waals surface area contributed by atoms with Crippen molar-refractivity contribution in [2.45, 2.75) is 0 Å². The van der Waals surface area contributed by atoms with E-state index in [4.69, 9.17) is 24.9 Å². The van der Waals surface area contributed by atoms with Crippen LogP contribution in [0.4, 0.5) is 0 Å². The smallest absolute Gasteiger partial charge is 0.0971 e. The van der Waals surface area contributed by atoms with Crippen molar-refractivity contribution in [1.82, 2.24) is 29.9 Å². The van der Waals surface area contributed by atoms with Crippen molar-refractivity contribution in [1.29, 1.82) is 0 Å². The van der Waals surface area contributed by atoms with Gasteiger partial charge in [0, 0.05) is 147 Å². The van der Waals surface area contributed by atoms with Gasteiger partial charge in [-0.1, -0.05) is 406 Å². The molecule has 0 spiro atoms. The SMILES string of the molecule is c1ccc(-c2cc(-c3ccccc3)c3sc4c(-c5ccc(-c6ccc7c(c6)c6ccccc6c6nccnc76)cc5)cc(-c5ccccc5)cc4c3c2)cc1.c1ccc(-c2ccc3sc4c(-c5ccc(-c6ccc7c(c6)c6ccccc6c6nccnc76)cc5)cc(-c5ccccc5)cc4c3c2)cc1.c1ccc(-c2cccc3c2sc2c(-c4ccc(-c5ccc6c(c5)c5ccccc5c5nccnc65)cc4)cccc23)cc1. The first-order valence-electron chi connectivity index (χ1n) is 49.7. The molecule has 0 aliphatic rings. The average Bonchev–Trinajstić information content (AvgIpc) is 1.65. The number of aromatic nitrogens is 6. The van der Waals surface area contributed by atoms with E-state index in [-0.39, 0.29) is 0 Å². The lowest BCUT2D eigenvalue weighted by molar-refractivity contribution is 1.31. The molecule has 0 saturated carbocycles. The van der Waals surface area contributed by atoms with Gasteiger partial charge in [-0.05, 0) is 216 Å². The quantitative estimate of drug-likeness (QED) is 0.113. The lowest BCUT2D eigenvalue weighted by Gasteiger charge is -2.12. The Balaban J connectivity index is 0.000000107. The molecule has 0 saturated heterocycles. The van der Waals surface area contributed by atoms with Gasteiger partial charge in [0.15, 0.2) is 0 Å². The molecule has 6 heterocycles. The first-order valence-corrected chi connectivity index (χ1v) is 52.1. The molecule has 0 N–H and O–H groups in total. The highest BCUT2D eigenvalue weighted by Gasteiger charge is 2.24. The molecule has 0 bridgehead atoms. The van der Waals surface area contributed by atoms with Crippen LogP contribution in [0.15, 0.2) is 510 Å². The highest BCUT2D eigenvalue weighted by molar-refractivity contribution is 7.27. The number of fused-ring (bicyclic) bond motifs is 27. The minimum absolute atomic E-state index is 0.940. The van der Waals surface area contributed by atoms with Crippen molar-refractivity contribution in [3.8, 4) is 134 Å². The summed E-state index contributed by atoms with van der Waals surface area (Å²) in [4.78, 5) is 28.3. The highest BCUT2D eigenvalue weighted by Crippen LogP contribution is 2.52. The second-order valence-corrected chi connectivity index (χ2v) is 40.8. The van der Waals surface area contributed by atoms with Gasteiger partial charge in [0.2, 0.25) is 0 Å². The van der Waals surface area contributed by atoms with Crippen molar-refractivity contribution < 1.29 is 0 Å². The number of hydrogen-bond acceptors (Lipinski definition) is 9. The van der Waals surface area contributed by atoms with Crippen LogP contribution in [0.3, 0.4) is 0 Å². The molecule has 9 heteroatoms. The predicted molar refractivity (Wildman–Crippen MR) is 628 cm³/mol. The van der Waals surface area contributed by atoms with Gasteiger partial charge >= 0.3 is 0 Å². The van der Waals surface area contributed by atoms with Gasteiger partial charge in [-0.25, -0.2) is 0 Å². The predicted octanol–water partition coefficient (Wildman–Crippen LogP) is 38.9. The Labute approximate surface area is 859 Å². The first kappa shape index (κ1) is 86.4. The summed E-state index contributed by atoms with van der Waals surface area (Å²) < 4.78 is 7.91. The summed E-state index contributed by atoms with van der Waals surface area (Å²) in [7, 11) is 0. The summed E-state index contributed by atoms with van der Waals surface area (Å²) in [6.45, 7) is 0. The van der Waals surface area contributed by atoms with Crippen LogP contribution in [0.25, 0.3) is 292 Å². The Morgan fingerprint density at radius 1 is 0.109 bits per heavy atom. The Morgan fingerprint density at radius 2 is 0.313 bits per heavy atom. The molecule has 6 aromatic heterocycles. The summed E-state index contributed by atoms with van der Waals surface area (Å²) in [6, 6.07) is 172. The van der Waals surface area contributed by atoms with E-state index in [1.807, 2.05) is 34.0 Å². The van der Waals surface area contributed by atoms with E-state index in [2.05, 4.69) is 478 Å². The Hall–Kier alpha value is -18.5. The third-order valence-corrected chi connectivity index (χ3v) is 33.1. The lowest BCUT2D eigenvalue weighted by Crippen LogP contribution is -1.89. The molecular weight excluding hydrogens is 1840 g/mol. The largest absolute Gasteiger partial charge is 0.252 e. The van der Waals surface area contributed by atoms with Gasteiger partial charge in [0.25, 0.3) is 0 Å². The molecule has 684 valence electrons. The van der Waals surface area contributed by atoms with Crippen LogP contribution in [0.5, 0.6) is 0 Å². The molecule has 0 aliphatic heterocycles. The van der Waals surface area contributed by atoms with E-state index in [1.165, 1.54) is 226 Å². The van der Waals surface area contributed by atoms with Crippen LogP contribution < -0.4 is 0 Å². The van der Waals surface area contributed by atoms with Crippen molar-refractivity contribution >= 4 is 192 Å². The van der Waals surface area contributed by atoms with Gasteiger partial charge in [-0.15, -0.1) is 34.0 Å². The zero-order valence-corrected chi connectivity index (χ0v) is 81.9. The van der Waals surface area contributed by atoms with Crippen molar-refractivity contribution in [2.75, 3.05) is 0 Å². The molecule has 30 aromatic rings. The van der Waals surface area contributed by atoms with Crippen LogP contribution >= 0.6 is 34.0 Å². The number of nitrogens with zero attached hydrogens (tertiary/aromatic N) is 6. The summed E-state index contributed by atoms with van der Waals surface area (Å²) >= 11 is 5.69. The van der Waals surface area contributed by atoms with Gasteiger partial charge in [0.1, 0.15) is 0 Å². The Kier molecular flexibility index (Phi) is 21.4. The van der Waals surface area contributed by atoms with E-state index >= 15 is 0 Å². The Morgan fingerprint density at radius 3 is 0.639 bits per heavy atom. The van der Waals surface area contributed by atoms with E-state index < -0.39 is 0 Å². The third-order valence-electron chi connectivity index (χ3n) is 29.3. The molecule has 0 amide bonds. The average molecular weight is 1920 g/mol. The van der Waals surface area contributed by atoms with E-state index in [0.717, 1.165) is 65.4 Å². The fraction of sp³-hybridized carbons (Fsp3) is 0. The minimum Gasteiger partial charge on any atom is -0.252 e. The number of benzene rings is 24. The minimum atomic E-state index is 0.940. The van der Waals surface area contributed by atoms with Crippen LogP contribution in [0.2, 0.25) is 0 Å². The maximum atomic E-state index is 4.76. The second-order valence-electron chi connectivity index (χ2n) is 37.7. The lowest BCUT2D eigenvalue weighted by atomic mass is 9.92. The zero-order valence-electron chi connectivity index (χ0n) is 79.4. The first-order chi connectivity index (χ1) is 72.9. The maximum Gasteiger partial charge on any atom is 0.0971 e. The highest BCUT2D eigenvalue weighted by atomic mass is 32.1. The normalized spacial score (nSPS) is 11.7. The van der Waals surface area contributed by atoms with Crippen molar-refractivity contribution in [2.24, 2.45) is 0 Å². The molecule has 147 heavy (non-hydrogen) atoms. The monoisotopic (exact) mass is 1920 g/mol. The number of thiophene rings is 3. The van der Waals surface area contributed by atoms with E-state index in [0.29, 0.717) is 0 Å². The standard InChI is InChI=1S/C52H32N2S.C46H28N2S.C40H24N2S/c1-4-12-33(13-5-1)39-29-44(36-16-8-3-9-17-36)51-47(31-39)48-32-40(34-14-6-2-7-15-34)30-45(52(48)55-51)37-22-20-35(21-23-37)38-24-25-43-46(28-38)41-18-10-11-19-42(41)49-50(43)54-27-26-53-49;1-3-9-29(10-4-1)34-20-22-43-41(26-34)42-28-35(30-11-5-2-6-12-30)27-39(46(42)49-43)32-17-15-31(16-18-32)33-19-21-38-40(25-33)36-13-7-8-14-37(36)44-45(38)48-24-23-47-44;1-2-8-26(9-3-1)29-12-6-14-34-35-15-7-13-30(40(35)43-39(29)34)27-18-16-25(17-19-27)28-20-21-33-36(24-28)31-10-4-5-11-32(31)37-38(33)42-23-22-41-37/h1-32H;1-28H;1-24H. The molecule has 6 nitrogen and oxygen atoms in total. The molecule has 30 rings (SSSR count). The van der Waals surface area contributed by atoms with Crippen LogP contribution in [0, 0.1) is 0 Å². The second kappa shape index (κ2) is 36.5. The van der Waals surface area contributed by atoms with E-state index in [1.54, 1.807) is 37.2 Å². The van der Waals surface area contributed by atoms with Crippen molar-refractivity contribution in [3.63, 3.8) is 0 Å². The molecular formula is C138H84N6S3. The molecule has 0 fully saturated rings. The van der Waals surface area contributed by atoms with Gasteiger partial charge < -0.3 is 0 Å². The van der Waals surface area contributed by atoms with Gasteiger partial charge in [0.05, 0.1) is 33.1 Å². The van der Waals surface area contributed by atoms with Gasteiger partial charge in [-0.3, -0.25) is 29.9 Å². The molecule has 0 atom stereocenters. The molecule has 0 radical (unpaired) electrons. The van der Waals surface area contributed by atoms with Crippen molar-refractivity contribution in [3.05, 3.63) is 510 Å². The maximum absolute atomic E-state index is 4.76. The summed E-state index contributed by atoms with van der Waals surface area (Å²) in [5, 5.41) is 21.8.